The van der Waals surface area contributed by atoms with Gasteiger partial charge in [-0.2, -0.15) is 0 Å². The first-order valence-electron chi connectivity index (χ1n) is 7.79. The molecule has 1 fully saturated rings. The van der Waals surface area contributed by atoms with Crippen molar-refractivity contribution in [3.05, 3.63) is 71.5 Å². The van der Waals surface area contributed by atoms with Crippen LogP contribution in [0, 0.1) is 5.82 Å². The number of benzene rings is 2. The van der Waals surface area contributed by atoms with Gasteiger partial charge in [-0.1, -0.05) is 42.5 Å². The number of carbonyl (C=O) groups is 2. The third-order valence-corrected chi connectivity index (χ3v) is 4.29. The van der Waals surface area contributed by atoms with Crippen molar-refractivity contribution in [2.75, 3.05) is 0 Å². The zero-order valence-electron chi connectivity index (χ0n) is 13.5. The van der Waals surface area contributed by atoms with Crippen LogP contribution < -0.4 is 0 Å². The Morgan fingerprint density at radius 2 is 1.75 bits per heavy atom. The number of β-lactam (4-membered cyclic amide) rings is 1. The lowest BCUT2D eigenvalue weighted by molar-refractivity contribution is -0.186. The number of esters is 1. The van der Waals surface area contributed by atoms with Crippen LogP contribution in [0.25, 0.3) is 0 Å². The van der Waals surface area contributed by atoms with E-state index in [9.17, 15) is 14.0 Å². The van der Waals surface area contributed by atoms with E-state index in [0.29, 0.717) is 0 Å². The monoisotopic (exact) mass is 327 g/mol. The molecule has 0 aromatic heterocycles. The van der Waals surface area contributed by atoms with E-state index in [4.69, 9.17) is 4.74 Å². The summed E-state index contributed by atoms with van der Waals surface area (Å²) in [6.07, 6.45) is -0.862. The average molecular weight is 327 g/mol. The molecule has 2 aromatic rings. The van der Waals surface area contributed by atoms with Crippen LogP contribution in [0.3, 0.4) is 0 Å². The summed E-state index contributed by atoms with van der Waals surface area (Å²) in [5.41, 5.74) is 1.73. The van der Waals surface area contributed by atoms with Crippen LogP contribution in [0.4, 0.5) is 4.39 Å². The molecule has 5 heteroatoms. The Kier molecular flexibility index (Phi) is 4.34. The summed E-state index contributed by atoms with van der Waals surface area (Å²) < 4.78 is 18.4. The van der Waals surface area contributed by atoms with Crippen molar-refractivity contribution in [2.24, 2.45) is 0 Å². The van der Waals surface area contributed by atoms with E-state index in [1.165, 1.54) is 19.1 Å². The number of hydrogen-bond donors (Lipinski definition) is 0. The molecule has 1 aliphatic rings. The van der Waals surface area contributed by atoms with Crippen LogP contribution in [0.1, 0.15) is 37.1 Å². The molecule has 24 heavy (non-hydrogen) atoms. The Morgan fingerprint density at radius 1 is 1.12 bits per heavy atom. The number of rotatable bonds is 4. The van der Waals surface area contributed by atoms with Gasteiger partial charge in [0.25, 0.3) is 5.91 Å². The Morgan fingerprint density at radius 3 is 2.33 bits per heavy atom. The zero-order valence-corrected chi connectivity index (χ0v) is 13.5. The van der Waals surface area contributed by atoms with Gasteiger partial charge in [0, 0.05) is 6.92 Å². The van der Waals surface area contributed by atoms with E-state index in [1.807, 2.05) is 37.3 Å². The van der Waals surface area contributed by atoms with E-state index in [-0.39, 0.29) is 17.8 Å². The lowest BCUT2D eigenvalue weighted by Crippen LogP contribution is -2.60. The van der Waals surface area contributed by atoms with Crippen molar-refractivity contribution >= 4 is 11.9 Å². The van der Waals surface area contributed by atoms with Crippen molar-refractivity contribution in [1.29, 1.82) is 0 Å². The second kappa shape index (κ2) is 6.43. The van der Waals surface area contributed by atoms with E-state index >= 15 is 0 Å². The number of ether oxygens (including phenoxy) is 1. The van der Waals surface area contributed by atoms with E-state index in [2.05, 4.69) is 0 Å². The first-order chi connectivity index (χ1) is 11.5. The highest BCUT2D eigenvalue weighted by atomic mass is 19.1. The molecule has 1 heterocycles. The standard InChI is InChI=1S/C19H18FNO3/c1-12(14-6-4-3-5-7-14)21-17(15-8-10-16(20)11-9-15)18(19(21)23)24-13(2)22/h3-12,17-18H,1-2H3. The third-order valence-electron chi connectivity index (χ3n) is 4.29. The van der Waals surface area contributed by atoms with Gasteiger partial charge in [0.05, 0.1) is 6.04 Å². The molecule has 3 unspecified atom stereocenters. The molecule has 4 nitrogen and oxygen atoms in total. The summed E-state index contributed by atoms with van der Waals surface area (Å²) in [5, 5.41) is 0. The van der Waals surface area contributed by atoms with Crippen LogP contribution >= 0.6 is 0 Å². The summed E-state index contributed by atoms with van der Waals surface area (Å²) in [5.74, 6) is -1.10. The molecular formula is C19H18FNO3. The Labute approximate surface area is 139 Å². The van der Waals surface area contributed by atoms with E-state index in [0.717, 1.165) is 11.1 Å². The van der Waals surface area contributed by atoms with Gasteiger partial charge >= 0.3 is 5.97 Å². The smallest absolute Gasteiger partial charge is 0.303 e. The first-order valence-corrected chi connectivity index (χ1v) is 7.79. The van der Waals surface area contributed by atoms with Crippen molar-refractivity contribution < 1.29 is 18.7 Å². The molecule has 0 N–H and O–H groups in total. The van der Waals surface area contributed by atoms with Crippen LogP contribution in [-0.2, 0) is 14.3 Å². The van der Waals surface area contributed by atoms with Gasteiger partial charge in [0.1, 0.15) is 11.9 Å². The molecule has 1 aliphatic heterocycles. The highest BCUT2D eigenvalue weighted by Gasteiger charge is 2.52. The van der Waals surface area contributed by atoms with Crippen LogP contribution in [-0.4, -0.2) is 22.9 Å². The molecular weight excluding hydrogens is 309 g/mol. The number of halogens is 1. The van der Waals surface area contributed by atoms with Crippen molar-refractivity contribution in [3.8, 4) is 0 Å². The van der Waals surface area contributed by atoms with Crippen LogP contribution in [0.15, 0.2) is 54.6 Å². The molecule has 3 atom stereocenters. The lowest BCUT2D eigenvalue weighted by atomic mass is 9.87. The number of carbonyl (C=O) groups excluding carboxylic acids is 2. The second-order valence-corrected chi connectivity index (χ2v) is 5.86. The summed E-state index contributed by atoms with van der Waals surface area (Å²) in [7, 11) is 0. The molecule has 0 bridgehead atoms. The van der Waals surface area contributed by atoms with Gasteiger partial charge in [0.2, 0.25) is 6.10 Å². The Bertz CT molecular complexity index is 745. The molecule has 124 valence electrons. The van der Waals surface area contributed by atoms with Crippen LogP contribution in [0.2, 0.25) is 0 Å². The third kappa shape index (κ3) is 2.89. The minimum atomic E-state index is -0.862. The highest BCUT2D eigenvalue weighted by molar-refractivity contribution is 5.91. The van der Waals surface area contributed by atoms with Crippen LogP contribution in [0.5, 0.6) is 0 Å². The number of nitrogens with zero attached hydrogens (tertiary/aromatic N) is 1. The summed E-state index contributed by atoms with van der Waals surface area (Å²) in [6.45, 7) is 3.20. The molecule has 1 amide bonds. The molecule has 2 aromatic carbocycles. The molecule has 1 saturated heterocycles. The first kappa shape index (κ1) is 16.2. The minimum absolute atomic E-state index is 0.180. The molecule has 0 saturated carbocycles. The quantitative estimate of drug-likeness (QED) is 0.639. The summed E-state index contributed by atoms with van der Waals surface area (Å²) in [4.78, 5) is 25.5. The summed E-state index contributed by atoms with van der Waals surface area (Å²) in [6, 6.07) is 14.9. The summed E-state index contributed by atoms with van der Waals surface area (Å²) >= 11 is 0. The molecule has 3 rings (SSSR count). The van der Waals surface area contributed by atoms with Crippen molar-refractivity contribution in [1.82, 2.24) is 4.90 Å². The predicted molar refractivity (Wildman–Crippen MR) is 86.4 cm³/mol. The Balaban J connectivity index is 1.93. The lowest BCUT2D eigenvalue weighted by Gasteiger charge is -2.49. The van der Waals surface area contributed by atoms with Gasteiger partial charge < -0.3 is 9.64 Å². The maximum absolute atomic E-state index is 13.2. The Hall–Kier alpha value is -2.69. The molecule has 0 spiro atoms. The van der Waals surface area contributed by atoms with E-state index in [1.54, 1.807) is 17.0 Å². The highest BCUT2D eigenvalue weighted by Crippen LogP contribution is 2.43. The topological polar surface area (TPSA) is 46.6 Å². The number of hydrogen-bond acceptors (Lipinski definition) is 3. The maximum atomic E-state index is 13.2. The SMILES string of the molecule is CC(=O)OC1C(=O)N(C(C)c2ccccc2)C1c1ccc(F)cc1. The number of amides is 1. The fourth-order valence-corrected chi connectivity index (χ4v) is 3.10. The average Bonchev–Trinajstić information content (AvgIpc) is 2.58. The van der Waals surface area contributed by atoms with Crippen molar-refractivity contribution in [3.63, 3.8) is 0 Å². The largest absolute Gasteiger partial charge is 0.450 e. The normalized spacial score (nSPS) is 21.1. The zero-order chi connectivity index (χ0) is 17.3. The minimum Gasteiger partial charge on any atom is -0.450 e. The fourth-order valence-electron chi connectivity index (χ4n) is 3.10. The van der Waals surface area contributed by atoms with Gasteiger partial charge in [-0.25, -0.2) is 4.39 Å². The van der Waals surface area contributed by atoms with Gasteiger partial charge in [-0.05, 0) is 30.2 Å². The van der Waals surface area contributed by atoms with E-state index < -0.39 is 18.1 Å². The molecule has 0 aliphatic carbocycles. The van der Waals surface area contributed by atoms with Gasteiger partial charge in [-0.15, -0.1) is 0 Å². The fraction of sp³-hybridized carbons (Fsp3) is 0.263. The molecule has 0 radical (unpaired) electrons. The van der Waals surface area contributed by atoms with Gasteiger partial charge in [-0.3, -0.25) is 9.59 Å². The second-order valence-electron chi connectivity index (χ2n) is 5.86. The predicted octanol–water partition coefficient (Wildman–Crippen LogP) is 3.40. The maximum Gasteiger partial charge on any atom is 0.303 e. The van der Waals surface area contributed by atoms with Gasteiger partial charge in [0.15, 0.2) is 0 Å². The number of likely N-dealkylation sites (tertiary alicyclic amines) is 1. The van der Waals surface area contributed by atoms with Crippen molar-refractivity contribution in [2.45, 2.75) is 32.0 Å².